The summed E-state index contributed by atoms with van der Waals surface area (Å²) in [5, 5.41) is 0. The highest BCUT2D eigenvalue weighted by Crippen LogP contribution is 2.30. The zero-order chi connectivity index (χ0) is 16.4. The second-order valence-corrected chi connectivity index (χ2v) is 6.56. The predicted octanol–water partition coefficient (Wildman–Crippen LogP) is 4.70. The van der Waals surface area contributed by atoms with Gasteiger partial charge in [-0.05, 0) is 62.3 Å². The molecule has 1 aliphatic carbocycles. The maximum Gasteiger partial charge on any atom is 0.234 e. The molecule has 1 aromatic rings. The third kappa shape index (κ3) is 3.11. The summed E-state index contributed by atoms with van der Waals surface area (Å²) >= 11 is 0. The van der Waals surface area contributed by atoms with Crippen molar-refractivity contribution in [2.24, 2.45) is 5.92 Å². The molecule has 0 amide bonds. The molecule has 0 saturated carbocycles. The topological polar surface area (TPSA) is 34.1 Å². The third-order valence-corrected chi connectivity index (χ3v) is 4.15. The molecule has 0 spiro atoms. The van der Waals surface area contributed by atoms with E-state index in [1.54, 1.807) is 0 Å². The van der Waals surface area contributed by atoms with E-state index < -0.39 is 0 Å². The molecule has 2 rings (SSSR count). The Labute approximate surface area is 132 Å². The summed E-state index contributed by atoms with van der Waals surface area (Å²) in [6.45, 7) is 10.1. The number of Topliss-reactive ketones (excluding diaryl/α,β-unsaturated/α-hetero) is 2. The lowest BCUT2D eigenvalue weighted by Crippen LogP contribution is -2.25. The Morgan fingerprint density at radius 1 is 1.14 bits per heavy atom. The zero-order valence-corrected chi connectivity index (χ0v) is 14.1. The van der Waals surface area contributed by atoms with Gasteiger partial charge in [-0.25, -0.2) is 0 Å². The molecule has 1 aliphatic rings. The van der Waals surface area contributed by atoms with E-state index in [1.165, 1.54) is 5.57 Å². The minimum Gasteiger partial charge on any atom is -0.285 e. The van der Waals surface area contributed by atoms with Crippen LogP contribution in [0.1, 0.15) is 61.2 Å². The summed E-state index contributed by atoms with van der Waals surface area (Å²) < 4.78 is 0. The number of rotatable bonds is 4. The fraction of sp³-hybridized carbons (Fsp3) is 0.400. The van der Waals surface area contributed by atoms with Crippen molar-refractivity contribution in [3.8, 4) is 0 Å². The molecule has 2 heteroatoms. The van der Waals surface area contributed by atoms with Crippen LogP contribution in [0.5, 0.6) is 0 Å². The van der Waals surface area contributed by atoms with Gasteiger partial charge < -0.3 is 0 Å². The molecule has 0 bridgehead atoms. The molecule has 22 heavy (non-hydrogen) atoms. The molecular weight excluding hydrogens is 272 g/mol. The minimum atomic E-state index is -0.337. The summed E-state index contributed by atoms with van der Waals surface area (Å²) in [6.07, 6.45) is 5.75. The van der Waals surface area contributed by atoms with Crippen molar-refractivity contribution < 1.29 is 9.59 Å². The molecule has 1 aromatic carbocycles. The van der Waals surface area contributed by atoms with Gasteiger partial charge in [-0.15, -0.1) is 0 Å². The monoisotopic (exact) mass is 296 g/mol. The number of hydrogen-bond acceptors (Lipinski definition) is 2. The van der Waals surface area contributed by atoms with Crippen LogP contribution < -0.4 is 0 Å². The highest BCUT2D eigenvalue weighted by Gasteiger charge is 2.31. The second-order valence-electron chi connectivity index (χ2n) is 6.56. The first-order valence-corrected chi connectivity index (χ1v) is 7.89. The Balaban J connectivity index is 2.51. The maximum atomic E-state index is 12.6. The smallest absolute Gasteiger partial charge is 0.234 e. The van der Waals surface area contributed by atoms with Crippen LogP contribution in [0.25, 0.3) is 6.08 Å². The minimum absolute atomic E-state index is 0.0695. The lowest BCUT2D eigenvalue weighted by Gasteiger charge is -2.21. The molecule has 0 saturated heterocycles. The number of hydrogen-bond donors (Lipinski definition) is 0. The van der Waals surface area contributed by atoms with E-state index in [0.29, 0.717) is 11.1 Å². The van der Waals surface area contributed by atoms with Crippen LogP contribution >= 0.6 is 0 Å². The largest absolute Gasteiger partial charge is 0.285 e. The van der Waals surface area contributed by atoms with E-state index in [2.05, 4.69) is 19.9 Å². The molecule has 0 radical (unpaired) electrons. The van der Waals surface area contributed by atoms with Gasteiger partial charge in [0.25, 0.3) is 0 Å². The van der Waals surface area contributed by atoms with Crippen molar-refractivity contribution in [1.82, 2.24) is 0 Å². The first kappa shape index (κ1) is 16.4. The van der Waals surface area contributed by atoms with Crippen molar-refractivity contribution in [2.45, 2.75) is 47.5 Å². The molecule has 116 valence electrons. The van der Waals surface area contributed by atoms with E-state index in [-0.39, 0.29) is 17.5 Å². The Hall–Kier alpha value is -1.96. The van der Waals surface area contributed by atoms with Gasteiger partial charge in [-0.3, -0.25) is 9.59 Å². The summed E-state index contributed by atoms with van der Waals surface area (Å²) in [6, 6.07) is 4.01. The van der Waals surface area contributed by atoms with Crippen LogP contribution in [0.15, 0.2) is 29.4 Å². The fourth-order valence-electron chi connectivity index (χ4n) is 2.89. The molecule has 0 N–H and O–H groups in total. The summed E-state index contributed by atoms with van der Waals surface area (Å²) in [7, 11) is 0. The van der Waals surface area contributed by atoms with Gasteiger partial charge in [-0.1, -0.05) is 37.6 Å². The third-order valence-electron chi connectivity index (χ3n) is 4.15. The van der Waals surface area contributed by atoms with E-state index in [1.807, 2.05) is 39.0 Å². The Morgan fingerprint density at radius 2 is 1.82 bits per heavy atom. The van der Waals surface area contributed by atoms with Gasteiger partial charge in [-0.2, -0.15) is 0 Å². The Bertz CT molecular complexity index is 684. The van der Waals surface area contributed by atoms with Crippen LogP contribution in [-0.2, 0) is 11.2 Å². The lowest BCUT2D eigenvalue weighted by atomic mass is 9.81. The van der Waals surface area contributed by atoms with Gasteiger partial charge in [0, 0.05) is 11.1 Å². The Kier molecular flexibility index (Phi) is 4.80. The maximum absolute atomic E-state index is 12.6. The quantitative estimate of drug-likeness (QED) is 0.596. The number of carbonyl (C=O) groups is 2. The van der Waals surface area contributed by atoms with Crippen LogP contribution in [0.4, 0.5) is 0 Å². The van der Waals surface area contributed by atoms with Crippen LogP contribution in [0, 0.1) is 12.8 Å². The number of ketones is 2. The van der Waals surface area contributed by atoms with Gasteiger partial charge in [0.2, 0.25) is 11.6 Å². The molecule has 0 unspecified atom stereocenters. The van der Waals surface area contributed by atoms with Crippen LogP contribution in [-0.4, -0.2) is 11.6 Å². The molecule has 2 nitrogen and oxygen atoms in total. The molecule has 0 aromatic heterocycles. The number of carbonyl (C=O) groups excluding carboxylic acids is 2. The molecule has 0 atom stereocenters. The predicted molar refractivity (Wildman–Crippen MR) is 91.1 cm³/mol. The van der Waals surface area contributed by atoms with Crippen molar-refractivity contribution in [3.63, 3.8) is 0 Å². The Morgan fingerprint density at radius 3 is 2.41 bits per heavy atom. The lowest BCUT2D eigenvalue weighted by molar-refractivity contribution is -0.112. The van der Waals surface area contributed by atoms with Gasteiger partial charge in [0.1, 0.15) is 0 Å². The average molecular weight is 296 g/mol. The molecule has 0 heterocycles. The van der Waals surface area contributed by atoms with Crippen molar-refractivity contribution in [3.05, 3.63) is 51.6 Å². The van der Waals surface area contributed by atoms with E-state index in [0.717, 1.165) is 29.5 Å². The zero-order valence-electron chi connectivity index (χ0n) is 14.1. The first-order chi connectivity index (χ1) is 10.3. The van der Waals surface area contributed by atoms with Gasteiger partial charge in [0.05, 0.1) is 0 Å². The van der Waals surface area contributed by atoms with Crippen LogP contribution in [0.3, 0.4) is 0 Å². The number of benzene rings is 1. The SMILES string of the molecule is CC(C)=CCCc1c(C)ccc2c1C(=O)C(=O)C(C(C)C)=C2. The molecular formula is C20H24O2. The summed E-state index contributed by atoms with van der Waals surface area (Å²) in [5.41, 5.74) is 5.52. The summed E-state index contributed by atoms with van der Waals surface area (Å²) in [4.78, 5) is 24.9. The van der Waals surface area contributed by atoms with Crippen molar-refractivity contribution in [1.29, 1.82) is 0 Å². The van der Waals surface area contributed by atoms with Crippen LogP contribution in [0.2, 0.25) is 0 Å². The first-order valence-electron chi connectivity index (χ1n) is 7.89. The number of aryl methyl sites for hydroxylation is 1. The number of allylic oxidation sites excluding steroid dienone is 3. The molecule has 0 fully saturated rings. The highest BCUT2D eigenvalue weighted by molar-refractivity contribution is 6.52. The normalized spacial score (nSPS) is 14.0. The van der Waals surface area contributed by atoms with Gasteiger partial charge >= 0.3 is 0 Å². The molecule has 0 aliphatic heterocycles. The standard InChI is InChI=1S/C20H24O2/c1-12(2)7-6-8-16-14(5)9-10-15-11-17(13(3)4)19(21)20(22)18(15)16/h7,9-11,13H,6,8H2,1-5H3. The summed E-state index contributed by atoms with van der Waals surface area (Å²) in [5.74, 6) is -0.603. The van der Waals surface area contributed by atoms with Crippen molar-refractivity contribution in [2.75, 3.05) is 0 Å². The second kappa shape index (κ2) is 6.43. The van der Waals surface area contributed by atoms with E-state index in [4.69, 9.17) is 0 Å². The average Bonchev–Trinajstić information content (AvgIpc) is 2.44. The van der Waals surface area contributed by atoms with Gasteiger partial charge in [0.15, 0.2) is 0 Å². The fourth-order valence-corrected chi connectivity index (χ4v) is 2.89. The van der Waals surface area contributed by atoms with Crippen molar-refractivity contribution >= 4 is 17.6 Å². The highest BCUT2D eigenvalue weighted by atomic mass is 16.2. The van der Waals surface area contributed by atoms with E-state index in [9.17, 15) is 9.59 Å². The number of fused-ring (bicyclic) bond motifs is 1. The van der Waals surface area contributed by atoms with E-state index >= 15 is 0 Å².